The van der Waals surface area contributed by atoms with E-state index in [0.717, 1.165) is 19.1 Å². The number of nitrogens with zero attached hydrogens (tertiary/aromatic N) is 3. The van der Waals surface area contributed by atoms with Crippen molar-refractivity contribution in [2.45, 2.75) is 24.0 Å². The molecule has 7 nitrogen and oxygen atoms in total. The minimum atomic E-state index is -3.60. The van der Waals surface area contributed by atoms with E-state index in [4.69, 9.17) is 17.3 Å². The first-order valence-electron chi connectivity index (χ1n) is 8.04. The Morgan fingerprint density at radius 2 is 1.96 bits per heavy atom. The molecule has 1 aliphatic rings. The summed E-state index contributed by atoms with van der Waals surface area (Å²) in [5, 5.41) is 2.63. The lowest BCUT2D eigenvalue weighted by Crippen LogP contribution is -2.40. The summed E-state index contributed by atoms with van der Waals surface area (Å²) in [7, 11) is -3.60. The molecular weight excluding hydrogens is 381 g/mol. The largest absolute Gasteiger partial charge is 0.356 e. The molecule has 1 aliphatic heterocycles. The third kappa shape index (κ3) is 4.40. The van der Waals surface area contributed by atoms with Crippen LogP contribution < -0.4 is 16.0 Å². The summed E-state index contributed by atoms with van der Waals surface area (Å²) in [6, 6.07) is 5.90. The van der Waals surface area contributed by atoms with Crippen LogP contribution >= 0.6 is 11.6 Å². The minimum Gasteiger partial charge on any atom is -0.356 e. The molecule has 0 radical (unpaired) electrons. The third-order valence-corrected chi connectivity index (χ3v) is 5.21. The average molecular weight is 400 g/mol. The Hall–Kier alpha value is -1.97. The predicted octanol–water partition coefficient (Wildman–Crippen LogP) is 2.34. The van der Waals surface area contributed by atoms with Crippen molar-refractivity contribution in [1.82, 2.24) is 9.97 Å². The zero-order valence-corrected chi connectivity index (χ0v) is 15.7. The standard InChI is InChI=1S/C16H19ClFN5O2S/c1-26(24,25)16-21-14(20-11-2-3-13(18)12(17)8-11)9-15(22-16)23-6-4-10(19)5-7-23/h2-3,8-10H,4-7,19H2,1H3,(H,20,21,22). The fourth-order valence-electron chi connectivity index (χ4n) is 2.66. The molecule has 1 aromatic heterocycles. The van der Waals surface area contributed by atoms with Crippen molar-refractivity contribution < 1.29 is 12.8 Å². The normalized spacial score (nSPS) is 15.9. The Morgan fingerprint density at radius 1 is 1.27 bits per heavy atom. The van der Waals surface area contributed by atoms with Gasteiger partial charge in [-0.1, -0.05) is 11.6 Å². The molecule has 10 heteroatoms. The van der Waals surface area contributed by atoms with Crippen LogP contribution in [0.15, 0.2) is 29.4 Å². The van der Waals surface area contributed by atoms with Gasteiger partial charge in [0, 0.05) is 37.1 Å². The number of benzene rings is 1. The molecule has 0 unspecified atom stereocenters. The van der Waals surface area contributed by atoms with Crippen LogP contribution in [0, 0.1) is 5.82 Å². The summed E-state index contributed by atoms with van der Waals surface area (Å²) in [4.78, 5) is 10.2. The summed E-state index contributed by atoms with van der Waals surface area (Å²) >= 11 is 5.79. The molecule has 26 heavy (non-hydrogen) atoms. The number of hydrogen-bond acceptors (Lipinski definition) is 7. The second-order valence-corrected chi connectivity index (χ2v) is 8.56. The smallest absolute Gasteiger partial charge is 0.250 e. The van der Waals surface area contributed by atoms with Crippen molar-refractivity contribution in [2.75, 3.05) is 29.6 Å². The van der Waals surface area contributed by atoms with E-state index in [-0.39, 0.29) is 22.0 Å². The van der Waals surface area contributed by atoms with E-state index in [1.54, 1.807) is 6.07 Å². The number of nitrogens with one attached hydrogen (secondary N) is 1. The molecular formula is C16H19ClFN5O2S. The van der Waals surface area contributed by atoms with Gasteiger partial charge in [-0.15, -0.1) is 0 Å². The van der Waals surface area contributed by atoms with Gasteiger partial charge in [0.25, 0.3) is 5.16 Å². The van der Waals surface area contributed by atoms with Gasteiger partial charge < -0.3 is 16.0 Å². The molecule has 0 saturated carbocycles. The van der Waals surface area contributed by atoms with E-state index in [2.05, 4.69) is 15.3 Å². The second-order valence-electron chi connectivity index (χ2n) is 6.24. The van der Waals surface area contributed by atoms with Gasteiger partial charge in [0.2, 0.25) is 9.84 Å². The fourth-order valence-corrected chi connectivity index (χ4v) is 3.36. The van der Waals surface area contributed by atoms with Gasteiger partial charge in [0.05, 0.1) is 5.02 Å². The first kappa shape index (κ1) is 18.8. The van der Waals surface area contributed by atoms with Crippen molar-refractivity contribution >= 4 is 38.8 Å². The Labute approximate surface area is 156 Å². The molecule has 1 saturated heterocycles. The van der Waals surface area contributed by atoms with Crippen LogP contribution in [0.4, 0.5) is 21.7 Å². The number of halogens is 2. The van der Waals surface area contributed by atoms with Gasteiger partial charge in [-0.3, -0.25) is 0 Å². The maximum atomic E-state index is 13.3. The number of piperidine rings is 1. The van der Waals surface area contributed by atoms with Crippen LogP contribution in [0.3, 0.4) is 0 Å². The maximum absolute atomic E-state index is 13.3. The molecule has 0 atom stereocenters. The lowest BCUT2D eigenvalue weighted by molar-refractivity contribution is 0.497. The zero-order chi connectivity index (χ0) is 18.9. The second kappa shape index (κ2) is 7.34. The van der Waals surface area contributed by atoms with Crippen molar-refractivity contribution in [3.05, 3.63) is 35.1 Å². The predicted molar refractivity (Wildman–Crippen MR) is 99.3 cm³/mol. The summed E-state index contributed by atoms with van der Waals surface area (Å²) in [5.74, 6) is 0.248. The molecule has 2 aromatic rings. The first-order valence-corrected chi connectivity index (χ1v) is 10.3. The Kier molecular flexibility index (Phi) is 5.31. The van der Waals surface area contributed by atoms with Crippen LogP contribution in [-0.2, 0) is 9.84 Å². The highest BCUT2D eigenvalue weighted by molar-refractivity contribution is 7.90. The van der Waals surface area contributed by atoms with Crippen LogP contribution in [0.1, 0.15) is 12.8 Å². The van der Waals surface area contributed by atoms with Gasteiger partial charge >= 0.3 is 0 Å². The van der Waals surface area contributed by atoms with Crippen molar-refractivity contribution in [1.29, 1.82) is 0 Å². The highest BCUT2D eigenvalue weighted by Gasteiger charge is 2.21. The average Bonchev–Trinajstić information content (AvgIpc) is 2.58. The number of sulfone groups is 1. The van der Waals surface area contributed by atoms with Crippen LogP contribution in [0.2, 0.25) is 5.02 Å². The molecule has 3 N–H and O–H groups in total. The molecule has 3 rings (SSSR count). The van der Waals surface area contributed by atoms with Crippen LogP contribution in [-0.4, -0.2) is 43.8 Å². The molecule has 140 valence electrons. The molecule has 1 aromatic carbocycles. The van der Waals surface area contributed by atoms with Gasteiger partial charge in [-0.05, 0) is 31.0 Å². The van der Waals surface area contributed by atoms with E-state index in [1.807, 2.05) is 4.90 Å². The van der Waals surface area contributed by atoms with Gasteiger partial charge in [-0.25, -0.2) is 22.8 Å². The van der Waals surface area contributed by atoms with E-state index in [0.29, 0.717) is 24.6 Å². The van der Waals surface area contributed by atoms with Gasteiger partial charge in [0.15, 0.2) is 0 Å². The highest BCUT2D eigenvalue weighted by Crippen LogP contribution is 2.26. The highest BCUT2D eigenvalue weighted by atomic mass is 35.5. The molecule has 0 aliphatic carbocycles. The Morgan fingerprint density at radius 3 is 2.58 bits per heavy atom. The first-order chi connectivity index (χ1) is 12.2. The van der Waals surface area contributed by atoms with E-state index in [9.17, 15) is 12.8 Å². The van der Waals surface area contributed by atoms with Gasteiger partial charge in [0.1, 0.15) is 17.5 Å². The third-order valence-electron chi connectivity index (χ3n) is 4.08. The van der Waals surface area contributed by atoms with Crippen molar-refractivity contribution in [3.8, 4) is 0 Å². The summed E-state index contributed by atoms with van der Waals surface area (Å²) in [6.07, 6.45) is 2.65. The quantitative estimate of drug-likeness (QED) is 0.761. The number of hydrogen-bond donors (Lipinski definition) is 2. The van der Waals surface area contributed by atoms with E-state index >= 15 is 0 Å². The van der Waals surface area contributed by atoms with Crippen molar-refractivity contribution in [2.24, 2.45) is 5.73 Å². The minimum absolute atomic E-state index is 0.0439. The Balaban J connectivity index is 1.95. The number of anilines is 3. The van der Waals surface area contributed by atoms with Crippen LogP contribution in [0.5, 0.6) is 0 Å². The van der Waals surface area contributed by atoms with E-state index in [1.165, 1.54) is 18.2 Å². The maximum Gasteiger partial charge on any atom is 0.250 e. The summed E-state index contributed by atoms with van der Waals surface area (Å²) in [5.41, 5.74) is 6.41. The number of rotatable bonds is 4. The monoisotopic (exact) mass is 399 g/mol. The Bertz CT molecular complexity index is 917. The summed E-state index contributed by atoms with van der Waals surface area (Å²) < 4.78 is 37.2. The topological polar surface area (TPSA) is 101 Å². The fraction of sp³-hybridized carbons (Fsp3) is 0.375. The molecule has 1 fully saturated rings. The summed E-state index contributed by atoms with van der Waals surface area (Å²) in [6.45, 7) is 1.37. The van der Waals surface area contributed by atoms with Crippen LogP contribution in [0.25, 0.3) is 0 Å². The van der Waals surface area contributed by atoms with E-state index < -0.39 is 15.7 Å². The molecule has 0 amide bonds. The van der Waals surface area contributed by atoms with Gasteiger partial charge in [-0.2, -0.15) is 0 Å². The SMILES string of the molecule is CS(=O)(=O)c1nc(Nc2ccc(F)c(Cl)c2)cc(N2CCC(N)CC2)n1. The lowest BCUT2D eigenvalue weighted by Gasteiger charge is -2.31. The zero-order valence-electron chi connectivity index (χ0n) is 14.1. The molecule has 0 spiro atoms. The number of nitrogens with two attached hydrogens (primary N) is 1. The lowest BCUT2D eigenvalue weighted by atomic mass is 10.1. The molecule has 2 heterocycles. The van der Waals surface area contributed by atoms with Crippen molar-refractivity contribution in [3.63, 3.8) is 0 Å². The molecule has 0 bridgehead atoms. The number of aromatic nitrogens is 2.